The Hall–Kier alpha value is -2.12. The molecule has 0 fully saturated rings. The first-order chi connectivity index (χ1) is 11.2. The quantitative estimate of drug-likeness (QED) is 0.709. The van der Waals surface area contributed by atoms with Gasteiger partial charge in [0.1, 0.15) is 4.88 Å². The summed E-state index contributed by atoms with van der Waals surface area (Å²) in [5, 5.41) is 2.70. The van der Waals surface area contributed by atoms with Gasteiger partial charge in [-0.3, -0.25) is 4.79 Å². The van der Waals surface area contributed by atoms with E-state index in [9.17, 15) is 4.79 Å². The van der Waals surface area contributed by atoms with E-state index in [0.717, 1.165) is 5.69 Å². The summed E-state index contributed by atoms with van der Waals surface area (Å²) in [6.07, 6.45) is 3.35. The summed E-state index contributed by atoms with van der Waals surface area (Å²) in [6, 6.07) is 5.81. The maximum absolute atomic E-state index is 12.8. The van der Waals surface area contributed by atoms with Crippen LogP contribution in [0.25, 0.3) is 10.8 Å². The second-order valence-electron chi connectivity index (χ2n) is 4.90. The first-order valence-corrected chi connectivity index (χ1v) is 8.95. The van der Waals surface area contributed by atoms with Crippen molar-refractivity contribution >= 4 is 28.6 Å². The van der Waals surface area contributed by atoms with E-state index in [1.807, 2.05) is 36.3 Å². The molecule has 0 radical (unpaired) electrons. The Labute approximate surface area is 142 Å². The lowest BCUT2D eigenvalue weighted by molar-refractivity contribution is 0.0758. The van der Waals surface area contributed by atoms with Crippen molar-refractivity contribution in [2.24, 2.45) is 0 Å². The SMILES string of the molecule is CCN(Cc1cccs1)C(=O)c1sc(-c2ncccn2)nc1C. The van der Waals surface area contributed by atoms with E-state index in [-0.39, 0.29) is 5.91 Å². The van der Waals surface area contributed by atoms with Crippen LogP contribution in [0.15, 0.2) is 36.0 Å². The first kappa shape index (κ1) is 15.8. The van der Waals surface area contributed by atoms with Gasteiger partial charge in [0.25, 0.3) is 5.91 Å². The average Bonchev–Trinajstić information content (AvgIpc) is 3.22. The fraction of sp³-hybridized carbons (Fsp3) is 0.250. The fourth-order valence-corrected chi connectivity index (χ4v) is 3.86. The average molecular weight is 344 g/mol. The van der Waals surface area contributed by atoms with Crippen LogP contribution >= 0.6 is 22.7 Å². The molecule has 5 nitrogen and oxygen atoms in total. The topological polar surface area (TPSA) is 59.0 Å². The van der Waals surface area contributed by atoms with Gasteiger partial charge in [-0.2, -0.15) is 0 Å². The van der Waals surface area contributed by atoms with Crippen LogP contribution in [0.2, 0.25) is 0 Å². The van der Waals surface area contributed by atoms with Crippen molar-refractivity contribution in [3.05, 3.63) is 51.4 Å². The van der Waals surface area contributed by atoms with Crippen molar-refractivity contribution in [1.82, 2.24) is 19.9 Å². The number of nitrogens with zero attached hydrogens (tertiary/aromatic N) is 4. The molecule has 1 amide bonds. The highest BCUT2D eigenvalue weighted by molar-refractivity contribution is 7.17. The first-order valence-electron chi connectivity index (χ1n) is 7.25. The van der Waals surface area contributed by atoms with Gasteiger partial charge in [0, 0.05) is 23.8 Å². The monoisotopic (exact) mass is 344 g/mol. The molecular formula is C16H16N4OS2. The summed E-state index contributed by atoms with van der Waals surface area (Å²) in [7, 11) is 0. The molecular weight excluding hydrogens is 328 g/mol. The Morgan fingerprint density at radius 3 is 2.70 bits per heavy atom. The lowest BCUT2D eigenvalue weighted by atomic mass is 10.3. The van der Waals surface area contributed by atoms with Crippen molar-refractivity contribution < 1.29 is 4.79 Å². The Bertz CT molecular complexity index is 784. The number of aryl methyl sites for hydroxylation is 1. The van der Waals surface area contributed by atoms with Gasteiger partial charge >= 0.3 is 0 Å². The highest BCUT2D eigenvalue weighted by Gasteiger charge is 2.22. The predicted octanol–water partition coefficient (Wildman–Crippen LogP) is 3.63. The summed E-state index contributed by atoms with van der Waals surface area (Å²) < 4.78 is 0. The van der Waals surface area contributed by atoms with Gasteiger partial charge in [0.15, 0.2) is 10.8 Å². The van der Waals surface area contributed by atoms with Crippen molar-refractivity contribution in [3.63, 3.8) is 0 Å². The van der Waals surface area contributed by atoms with E-state index in [1.54, 1.807) is 29.8 Å². The largest absolute Gasteiger partial charge is 0.333 e. The number of carbonyl (C=O) groups excluding carboxylic acids is 1. The Kier molecular flexibility index (Phi) is 4.78. The summed E-state index contributed by atoms with van der Waals surface area (Å²) in [4.78, 5) is 29.4. The van der Waals surface area contributed by atoms with E-state index in [1.165, 1.54) is 16.2 Å². The predicted molar refractivity (Wildman–Crippen MR) is 92.6 cm³/mol. The van der Waals surface area contributed by atoms with Crippen molar-refractivity contribution in [2.75, 3.05) is 6.54 Å². The standard InChI is InChI=1S/C16H16N4OS2/c1-3-20(10-12-6-4-9-22-12)16(21)13-11(2)19-15(23-13)14-17-7-5-8-18-14/h4-9H,3,10H2,1-2H3. The molecule has 0 bridgehead atoms. The zero-order valence-corrected chi connectivity index (χ0v) is 14.5. The van der Waals surface area contributed by atoms with Gasteiger partial charge in [-0.25, -0.2) is 15.0 Å². The van der Waals surface area contributed by atoms with Gasteiger partial charge in [-0.15, -0.1) is 22.7 Å². The van der Waals surface area contributed by atoms with Crippen LogP contribution in [0, 0.1) is 6.92 Å². The van der Waals surface area contributed by atoms with E-state index >= 15 is 0 Å². The molecule has 0 aliphatic heterocycles. The van der Waals surface area contributed by atoms with Crippen LogP contribution in [0.1, 0.15) is 27.2 Å². The molecule has 0 spiro atoms. The van der Waals surface area contributed by atoms with Gasteiger partial charge in [0.2, 0.25) is 0 Å². The van der Waals surface area contributed by atoms with Gasteiger partial charge in [0.05, 0.1) is 12.2 Å². The van der Waals surface area contributed by atoms with E-state index in [4.69, 9.17) is 0 Å². The lowest BCUT2D eigenvalue weighted by Gasteiger charge is -2.19. The van der Waals surface area contributed by atoms with Crippen molar-refractivity contribution in [3.8, 4) is 10.8 Å². The summed E-state index contributed by atoms with van der Waals surface area (Å²) in [5.74, 6) is 0.569. The number of thiazole rings is 1. The van der Waals surface area contributed by atoms with Crippen LogP contribution in [0.5, 0.6) is 0 Å². The minimum atomic E-state index is 0.0121. The molecule has 3 aromatic heterocycles. The Morgan fingerprint density at radius 1 is 1.26 bits per heavy atom. The highest BCUT2D eigenvalue weighted by atomic mass is 32.1. The molecule has 0 N–H and O–H groups in total. The van der Waals surface area contributed by atoms with Crippen LogP contribution in [0.4, 0.5) is 0 Å². The van der Waals surface area contributed by atoms with Crippen molar-refractivity contribution in [1.29, 1.82) is 0 Å². The van der Waals surface area contributed by atoms with Gasteiger partial charge in [-0.05, 0) is 31.4 Å². The molecule has 0 aromatic carbocycles. The summed E-state index contributed by atoms with van der Waals surface area (Å²) >= 11 is 3.01. The third-order valence-corrected chi connectivity index (χ3v) is 5.35. The molecule has 0 aliphatic carbocycles. The minimum absolute atomic E-state index is 0.0121. The molecule has 23 heavy (non-hydrogen) atoms. The molecule has 118 valence electrons. The molecule has 0 atom stereocenters. The molecule has 0 aliphatic rings. The van der Waals surface area contributed by atoms with Gasteiger partial charge < -0.3 is 4.90 Å². The number of hydrogen-bond acceptors (Lipinski definition) is 6. The second kappa shape index (κ2) is 6.97. The smallest absolute Gasteiger partial charge is 0.266 e. The molecule has 7 heteroatoms. The Morgan fingerprint density at radius 2 is 2.04 bits per heavy atom. The molecule has 0 unspecified atom stereocenters. The zero-order chi connectivity index (χ0) is 16.2. The Balaban J connectivity index is 1.85. The van der Waals surface area contributed by atoms with Crippen molar-refractivity contribution in [2.45, 2.75) is 20.4 Å². The number of amides is 1. The minimum Gasteiger partial charge on any atom is -0.333 e. The van der Waals surface area contributed by atoms with E-state index in [0.29, 0.717) is 28.8 Å². The molecule has 3 heterocycles. The number of carbonyl (C=O) groups is 1. The van der Waals surface area contributed by atoms with E-state index in [2.05, 4.69) is 15.0 Å². The maximum Gasteiger partial charge on any atom is 0.266 e. The molecule has 3 aromatic rings. The van der Waals surface area contributed by atoms with Gasteiger partial charge in [-0.1, -0.05) is 6.07 Å². The zero-order valence-electron chi connectivity index (χ0n) is 12.9. The van der Waals surface area contributed by atoms with Crippen LogP contribution in [0.3, 0.4) is 0 Å². The highest BCUT2D eigenvalue weighted by Crippen LogP contribution is 2.27. The summed E-state index contributed by atoms with van der Waals surface area (Å²) in [6.45, 7) is 5.13. The number of aromatic nitrogens is 3. The summed E-state index contributed by atoms with van der Waals surface area (Å²) in [5.41, 5.74) is 0.729. The number of hydrogen-bond donors (Lipinski definition) is 0. The molecule has 0 saturated carbocycles. The lowest BCUT2D eigenvalue weighted by Crippen LogP contribution is -2.29. The second-order valence-corrected chi connectivity index (χ2v) is 6.94. The number of thiophene rings is 1. The third kappa shape index (κ3) is 3.46. The van der Waals surface area contributed by atoms with Crippen LogP contribution < -0.4 is 0 Å². The molecule has 3 rings (SSSR count). The fourth-order valence-electron chi connectivity index (χ4n) is 2.16. The maximum atomic E-state index is 12.8. The van der Waals surface area contributed by atoms with Crippen LogP contribution in [-0.2, 0) is 6.54 Å². The molecule has 0 saturated heterocycles. The van der Waals surface area contributed by atoms with Crippen LogP contribution in [-0.4, -0.2) is 32.3 Å². The number of rotatable bonds is 5. The third-order valence-electron chi connectivity index (χ3n) is 3.34. The van der Waals surface area contributed by atoms with E-state index < -0.39 is 0 Å². The normalized spacial score (nSPS) is 10.7.